The number of carbonyl (C=O) groups is 3. The second kappa shape index (κ2) is 8.03. The van der Waals surface area contributed by atoms with Crippen molar-refractivity contribution >= 4 is 17.8 Å². The van der Waals surface area contributed by atoms with Crippen molar-refractivity contribution in [1.82, 2.24) is 15.5 Å². The summed E-state index contributed by atoms with van der Waals surface area (Å²) >= 11 is 0. The van der Waals surface area contributed by atoms with Crippen LogP contribution in [-0.4, -0.2) is 48.5 Å². The van der Waals surface area contributed by atoms with Crippen LogP contribution in [0.3, 0.4) is 0 Å². The van der Waals surface area contributed by atoms with E-state index in [0.29, 0.717) is 35.8 Å². The summed E-state index contributed by atoms with van der Waals surface area (Å²) in [6, 6.07) is 11.8. The Morgan fingerprint density at radius 2 is 1.97 bits per heavy atom. The summed E-state index contributed by atoms with van der Waals surface area (Å²) in [6.07, 6.45) is 0. The number of rotatable bonds is 5. The Balaban J connectivity index is 1.63. The third kappa shape index (κ3) is 3.90. The highest BCUT2D eigenvalue weighted by Crippen LogP contribution is 2.28. The van der Waals surface area contributed by atoms with Crippen LogP contribution >= 0.6 is 0 Å². The number of hydrogen-bond acceptors (Lipinski definition) is 5. The van der Waals surface area contributed by atoms with Gasteiger partial charge in [0.05, 0.1) is 20.3 Å². The van der Waals surface area contributed by atoms with Gasteiger partial charge in [-0.2, -0.15) is 0 Å². The zero-order chi connectivity index (χ0) is 22.0. The summed E-state index contributed by atoms with van der Waals surface area (Å²) in [5.74, 6) is 6.22. The van der Waals surface area contributed by atoms with Gasteiger partial charge in [0.25, 0.3) is 11.8 Å². The average Bonchev–Trinajstić information content (AvgIpc) is 3.22. The highest BCUT2D eigenvalue weighted by molar-refractivity contribution is 6.10. The van der Waals surface area contributed by atoms with Crippen molar-refractivity contribution < 1.29 is 23.9 Å². The third-order valence-electron chi connectivity index (χ3n) is 5.13. The van der Waals surface area contributed by atoms with Crippen LogP contribution < -0.4 is 20.1 Å². The van der Waals surface area contributed by atoms with Gasteiger partial charge >= 0.3 is 6.03 Å². The smallest absolute Gasteiger partial charge is 0.323 e. The van der Waals surface area contributed by atoms with Gasteiger partial charge in [-0.15, -0.1) is 0 Å². The first-order valence-corrected chi connectivity index (χ1v) is 9.80. The van der Waals surface area contributed by atoms with Crippen LogP contribution in [0, 0.1) is 11.8 Å². The maximum absolute atomic E-state index is 12.9. The quantitative estimate of drug-likeness (QED) is 0.568. The molecule has 2 aromatic carbocycles. The van der Waals surface area contributed by atoms with Crippen molar-refractivity contribution in [2.24, 2.45) is 0 Å². The van der Waals surface area contributed by atoms with Gasteiger partial charge in [-0.05, 0) is 42.8 Å². The second-order valence-corrected chi connectivity index (χ2v) is 7.21. The summed E-state index contributed by atoms with van der Waals surface area (Å²) < 4.78 is 10.7. The molecule has 8 nitrogen and oxygen atoms in total. The van der Waals surface area contributed by atoms with Crippen LogP contribution in [0.1, 0.15) is 28.4 Å². The van der Waals surface area contributed by atoms with E-state index in [2.05, 4.69) is 22.5 Å². The molecule has 4 rings (SSSR count). The second-order valence-electron chi connectivity index (χ2n) is 7.21. The van der Waals surface area contributed by atoms with Crippen molar-refractivity contribution in [3.63, 3.8) is 0 Å². The van der Waals surface area contributed by atoms with Gasteiger partial charge in [-0.1, -0.05) is 24.0 Å². The molecule has 31 heavy (non-hydrogen) atoms. The Morgan fingerprint density at radius 1 is 1.13 bits per heavy atom. The van der Waals surface area contributed by atoms with E-state index in [9.17, 15) is 14.4 Å². The first kappa shape index (κ1) is 20.3. The maximum Gasteiger partial charge on any atom is 0.323 e. The molecule has 1 atom stereocenters. The molecule has 1 saturated heterocycles. The summed E-state index contributed by atoms with van der Waals surface area (Å²) in [6.45, 7) is 2.62. The van der Waals surface area contributed by atoms with Crippen molar-refractivity contribution in [1.29, 1.82) is 0 Å². The van der Waals surface area contributed by atoms with Crippen molar-refractivity contribution in [3.05, 3.63) is 59.2 Å². The van der Waals surface area contributed by atoms with Crippen LogP contribution in [0.25, 0.3) is 0 Å². The van der Waals surface area contributed by atoms with E-state index < -0.39 is 17.5 Å². The number of nitrogens with zero attached hydrogens (tertiary/aromatic N) is 1. The van der Waals surface area contributed by atoms with Gasteiger partial charge in [0.2, 0.25) is 5.54 Å². The van der Waals surface area contributed by atoms with Crippen LogP contribution in [0.2, 0.25) is 0 Å². The predicted octanol–water partition coefficient (Wildman–Crippen LogP) is 1.68. The fourth-order valence-corrected chi connectivity index (χ4v) is 3.62. The number of imide groups is 1. The molecule has 0 radical (unpaired) electrons. The minimum Gasteiger partial charge on any atom is -0.497 e. The molecule has 2 heterocycles. The number of amides is 4. The Kier molecular flexibility index (Phi) is 5.26. The highest BCUT2D eigenvalue weighted by atomic mass is 16.5. The molecule has 2 N–H and O–H groups in total. The molecule has 0 aliphatic carbocycles. The predicted molar refractivity (Wildman–Crippen MR) is 112 cm³/mol. The third-order valence-corrected chi connectivity index (χ3v) is 5.13. The number of hydrogen-bond donors (Lipinski definition) is 2. The Bertz CT molecular complexity index is 1130. The molecular formula is C23H21N3O5. The molecule has 0 bridgehead atoms. The molecule has 2 aliphatic rings. The van der Waals surface area contributed by atoms with Crippen molar-refractivity contribution in [2.75, 3.05) is 20.3 Å². The van der Waals surface area contributed by atoms with E-state index in [1.165, 1.54) is 12.0 Å². The molecular weight excluding hydrogens is 398 g/mol. The summed E-state index contributed by atoms with van der Waals surface area (Å²) in [4.78, 5) is 39.0. The molecule has 1 fully saturated rings. The minimum absolute atomic E-state index is 0.0848. The highest BCUT2D eigenvalue weighted by Gasteiger charge is 2.48. The molecule has 2 aliphatic heterocycles. The average molecular weight is 419 g/mol. The summed E-state index contributed by atoms with van der Waals surface area (Å²) in [7, 11) is 1.53. The van der Waals surface area contributed by atoms with E-state index in [1.807, 2.05) is 19.1 Å². The number of urea groups is 1. The van der Waals surface area contributed by atoms with E-state index in [4.69, 9.17) is 9.47 Å². The molecule has 0 unspecified atom stereocenters. The zero-order valence-electron chi connectivity index (χ0n) is 17.2. The van der Waals surface area contributed by atoms with Gasteiger partial charge in [0.1, 0.15) is 11.5 Å². The monoisotopic (exact) mass is 419 g/mol. The molecule has 0 aromatic heterocycles. The standard InChI is InChI=1S/C23H21N3O5/c1-3-31-18-6-4-5-15(11-18)9-10-23(21(28)24-22(29)25-23)14-26-13-16-7-8-17(30-2)12-19(16)20(26)27/h4-8,11-12H,3,13-14H2,1-2H3,(H2,24,25,28,29)/t23-/m1/s1. The molecule has 0 spiro atoms. The molecule has 158 valence electrons. The number of carbonyl (C=O) groups excluding carboxylic acids is 3. The fourth-order valence-electron chi connectivity index (χ4n) is 3.62. The van der Waals surface area contributed by atoms with E-state index in [-0.39, 0.29) is 12.5 Å². The Labute approximate surface area is 179 Å². The summed E-state index contributed by atoms with van der Waals surface area (Å²) in [5, 5.41) is 4.83. The van der Waals surface area contributed by atoms with Gasteiger partial charge in [0.15, 0.2) is 0 Å². The Morgan fingerprint density at radius 3 is 2.68 bits per heavy atom. The van der Waals surface area contributed by atoms with E-state index in [1.54, 1.807) is 30.3 Å². The molecule has 0 saturated carbocycles. The maximum atomic E-state index is 12.9. The molecule has 4 amide bonds. The van der Waals surface area contributed by atoms with Crippen molar-refractivity contribution in [2.45, 2.75) is 19.0 Å². The van der Waals surface area contributed by atoms with Crippen LogP contribution in [0.15, 0.2) is 42.5 Å². The van der Waals surface area contributed by atoms with Gasteiger partial charge in [-0.3, -0.25) is 14.9 Å². The SMILES string of the molecule is CCOc1cccc(C#C[C@]2(CN3Cc4ccc(OC)cc4C3=O)NC(=O)NC2=O)c1. The lowest BCUT2D eigenvalue weighted by atomic mass is 9.99. The van der Waals surface area contributed by atoms with Crippen LogP contribution in [-0.2, 0) is 11.3 Å². The topological polar surface area (TPSA) is 97.0 Å². The van der Waals surface area contributed by atoms with Crippen LogP contribution in [0.5, 0.6) is 11.5 Å². The van der Waals surface area contributed by atoms with Gasteiger partial charge < -0.3 is 19.7 Å². The number of fused-ring (bicyclic) bond motifs is 1. The van der Waals surface area contributed by atoms with Crippen molar-refractivity contribution in [3.8, 4) is 23.3 Å². The summed E-state index contributed by atoms with van der Waals surface area (Å²) in [5.41, 5.74) is 0.403. The van der Waals surface area contributed by atoms with Crippen LogP contribution in [0.4, 0.5) is 4.79 Å². The first-order valence-electron chi connectivity index (χ1n) is 9.80. The number of nitrogens with one attached hydrogen (secondary N) is 2. The van der Waals surface area contributed by atoms with E-state index >= 15 is 0 Å². The molecule has 8 heteroatoms. The zero-order valence-corrected chi connectivity index (χ0v) is 17.2. The molecule has 2 aromatic rings. The Hall–Kier alpha value is -3.99. The first-order chi connectivity index (χ1) is 14.9. The van der Waals surface area contributed by atoms with Gasteiger partial charge in [0, 0.05) is 17.7 Å². The normalized spacial score (nSPS) is 19.3. The lowest BCUT2D eigenvalue weighted by Crippen LogP contribution is -2.54. The van der Waals surface area contributed by atoms with E-state index in [0.717, 1.165) is 5.56 Å². The van der Waals surface area contributed by atoms with Gasteiger partial charge in [-0.25, -0.2) is 4.79 Å². The lowest BCUT2D eigenvalue weighted by molar-refractivity contribution is -0.122. The number of ether oxygens (including phenoxy) is 2. The lowest BCUT2D eigenvalue weighted by Gasteiger charge is -2.26. The number of methoxy groups -OCH3 is 1. The number of benzene rings is 2. The minimum atomic E-state index is -1.56. The largest absolute Gasteiger partial charge is 0.497 e. The fraction of sp³-hybridized carbons (Fsp3) is 0.261.